The first kappa shape index (κ1) is 30.2. The van der Waals surface area contributed by atoms with Crippen LogP contribution in [0.4, 0.5) is 0 Å². The number of nitrogens with zero attached hydrogens (tertiary/aromatic N) is 6. The first-order valence-corrected chi connectivity index (χ1v) is 16.7. The molecule has 2 saturated carbocycles. The Morgan fingerprint density at radius 3 is 1.98 bits per heavy atom. The van der Waals surface area contributed by atoms with E-state index in [9.17, 15) is 0 Å². The maximum absolute atomic E-state index is 4.61. The van der Waals surface area contributed by atoms with E-state index < -0.39 is 0 Å². The Kier molecular flexibility index (Phi) is 11.8. The smallest absolute Gasteiger partial charge is 0.0862 e. The largest absolute Gasteiger partial charge is 0.220 e. The molecule has 0 spiro atoms. The fraction of sp³-hybridized carbons (Fsp3) is 0.556. The van der Waals surface area contributed by atoms with Crippen molar-refractivity contribution in [1.29, 1.82) is 0 Å². The fourth-order valence-corrected chi connectivity index (χ4v) is 6.75. The first-order valence-electron chi connectivity index (χ1n) is 16.7. The number of hydrogen-bond donors (Lipinski definition) is 0. The molecule has 42 heavy (non-hydrogen) atoms. The van der Waals surface area contributed by atoms with E-state index in [1.807, 2.05) is 10.9 Å². The van der Waals surface area contributed by atoms with Crippen LogP contribution in [0, 0.1) is 5.92 Å². The topological polar surface area (TPSA) is 61.4 Å². The molecule has 2 fully saturated rings. The second-order valence-electron chi connectivity index (χ2n) is 12.6. The summed E-state index contributed by atoms with van der Waals surface area (Å²) >= 11 is 0. The van der Waals surface area contributed by atoms with E-state index in [1.165, 1.54) is 108 Å². The SMILES string of the molecule is CC1CCCCCC(c2cnnn2C2=C\C=C/C=C\C(n3cc(C4CCCCCCCC4)nn3)=C/C=C\C=C2)CCC1. The summed E-state index contributed by atoms with van der Waals surface area (Å²) in [5, 5.41) is 18.1. The molecule has 5 rings (SSSR count). The summed E-state index contributed by atoms with van der Waals surface area (Å²) in [7, 11) is 0. The van der Waals surface area contributed by atoms with Gasteiger partial charge in [-0.25, -0.2) is 9.36 Å². The minimum atomic E-state index is 0.505. The zero-order chi connectivity index (χ0) is 28.8. The Bertz CT molecular complexity index is 1280. The summed E-state index contributed by atoms with van der Waals surface area (Å²) in [6, 6.07) is 0. The van der Waals surface area contributed by atoms with Gasteiger partial charge >= 0.3 is 0 Å². The van der Waals surface area contributed by atoms with Crippen molar-refractivity contribution in [3.8, 4) is 0 Å². The molecule has 2 unspecified atom stereocenters. The van der Waals surface area contributed by atoms with Gasteiger partial charge in [-0.3, -0.25) is 0 Å². The van der Waals surface area contributed by atoms with E-state index in [4.69, 9.17) is 0 Å². The normalized spacial score (nSPS) is 27.5. The van der Waals surface area contributed by atoms with Gasteiger partial charge in [0.1, 0.15) is 0 Å². The van der Waals surface area contributed by atoms with Crippen LogP contribution >= 0.6 is 0 Å². The Labute approximate surface area is 253 Å². The Hall–Kier alpha value is -3.28. The minimum absolute atomic E-state index is 0.505. The predicted octanol–water partition coefficient (Wildman–Crippen LogP) is 9.56. The van der Waals surface area contributed by atoms with Gasteiger partial charge in [0.2, 0.25) is 0 Å². The molecule has 0 bridgehead atoms. The molecule has 2 heterocycles. The molecule has 0 aliphatic heterocycles. The molecule has 3 aliphatic carbocycles. The van der Waals surface area contributed by atoms with Crippen LogP contribution < -0.4 is 0 Å². The highest BCUT2D eigenvalue weighted by molar-refractivity contribution is 5.62. The van der Waals surface area contributed by atoms with Gasteiger partial charge in [0, 0.05) is 11.8 Å². The summed E-state index contributed by atoms with van der Waals surface area (Å²) in [5.41, 5.74) is 4.41. The van der Waals surface area contributed by atoms with E-state index in [2.05, 4.69) is 99.2 Å². The summed E-state index contributed by atoms with van der Waals surface area (Å²) in [4.78, 5) is 0. The number of aromatic nitrogens is 6. The van der Waals surface area contributed by atoms with Crippen LogP contribution in [-0.4, -0.2) is 30.0 Å². The van der Waals surface area contributed by atoms with Crippen LogP contribution in [0.3, 0.4) is 0 Å². The van der Waals surface area contributed by atoms with Crippen molar-refractivity contribution < 1.29 is 0 Å². The van der Waals surface area contributed by atoms with Crippen molar-refractivity contribution in [1.82, 2.24) is 30.0 Å². The van der Waals surface area contributed by atoms with Gasteiger partial charge < -0.3 is 0 Å². The lowest BCUT2D eigenvalue weighted by Gasteiger charge is -2.21. The van der Waals surface area contributed by atoms with Crippen LogP contribution in [-0.2, 0) is 0 Å². The average Bonchev–Trinajstić information content (AvgIpc) is 3.69. The van der Waals surface area contributed by atoms with Crippen molar-refractivity contribution >= 4 is 11.4 Å². The summed E-state index contributed by atoms with van der Waals surface area (Å²) in [6.07, 6.45) is 45.9. The summed E-state index contributed by atoms with van der Waals surface area (Å²) < 4.78 is 3.98. The van der Waals surface area contributed by atoms with Crippen molar-refractivity contribution in [3.05, 3.63) is 84.5 Å². The van der Waals surface area contributed by atoms with E-state index in [0.29, 0.717) is 11.8 Å². The number of allylic oxidation sites excluding steroid dienone is 12. The molecule has 0 radical (unpaired) electrons. The molecule has 0 amide bonds. The zero-order valence-electron chi connectivity index (χ0n) is 25.7. The molecule has 224 valence electrons. The number of hydrogen-bond acceptors (Lipinski definition) is 4. The molecule has 2 aromatic rings. The van der Waals surface area contributed by atoms with Crippen molar-refractivity contribution in [2.45, 2.75) is 121 Å². The lowest BCUT2D eigenvalue weighted by Crippen LogP contribution is -2.10. The van der Waals surface area contributed by atoms with Gasteiger partial charge in [-0.1, -0.05) is 131 Å². The van der Waals surface area contributed by atoms with E-state index in [0.717, 1.165) is 23.0 Å². The van der Waals surface area contributed by atoms with Gasteiger partial charge in [0.15, 0.2) is 0 Å². The molecule has 0 N–H and O–H groups in total. The molecule has 0 saturated heterocycles. The average molecular weight is 567 g/mol. The first-order chi connectivity index (χ1) is 20.8. The molecular weight excluding hydrogens is 516 g/mol. The zero-order valence-corrected chi connectivity index (χ0v) is 25.7. The summed E-state index contributed by atoms with van der Waals surface area (Å²) in [6.45, 7) is 2.42. The maximum Gasteiger partial charge on any atom is 0.0862 e. The lowest BCUT2D eigenvalue weighted by atomic mass is 9.87. The third-order valence-electron chi connectivity index (χ3n) is 9.30. The molecule has 2 atom stereocenters. The van der Waals surface area contributed by atoms with Crippen LogP contribution in [0.15, 0.2) is 73.2 Å². The Balaban J connectivity index is 1.29. The molecular formula is C36H50N6. The predicted molar refractivity (Wildman–Crippen MR) is 174 cm³/mol. The van der Waals surface area contributed by atoms with Gasteiger partial charge in [0.25, 0.3) is 0 Å². The Morgan fingerprint density at radius 2 is 1.19 bits per heavy atom. The number of rotatable bonds is 4. The highest BCUT2D eigenvalue weighted by atomic mass is 15.4. The molecule has 2 aromatic heterocycles. The van der Waals surface area contributed by atoms with Gasteiger partial charge in [-0.2, -0.15) is 0 Å². The van der Waals surface area contributed by atoms with Crippen LogP contribution in [0.1, 0.15) is 133 Å². The fourth-order valence-electron chi connectivity index (χ4n) is 6.75. The van der Waals surface area contributed by atoms with Gasteiger partial charge in [0.05, 0.1) is 35.2 Å². The maximum atomic E-state index is 4.61. The van der Waals surface area contributed by atoms with Crippen LogP contribution in [0.5, 0.6) is 0 Å². The van der Waals surface area contributed by atoms with Crippen LogP contribution in [0.2, 0.25) is 0 Å². The molecule has 3 aliphatic rings. The standard InChI is InChI=1S/C36H50N6/c1-30-18-9-6-12-22-32(23-17-19-30)36-28-37-39-42(36)34-26-15-7-13-24-33(25-14-8-16-27-34)41-29-35(38-40-41)31-20-10-4-2-3-5-11-21-31/h7-8,13-16,24-32H,2-6,9-12,17-23H2,1H3/b13-7-,14-8?,15-7?,16-8-,24-13?,25-14-,26-15?,27-16?,33-24+,33-25?,34-26?,34-27?. The van der Waals surface area contributed by atoms with Gasteiger partial charge in [-0.15, -0.1) is 10.2 Å². The molecule has 6 heteroatoms. The monoisotopic (exact) mass is 566 g/mol. The van der Waals surface area contributed by atoms with Crippen LogP contribution in [0.25, 0.3) is 11.4 Å². The highest BCUT2D eigenvalue weighted by Gasteiger charge is 2.20. The van der Waals surface area contributed by atoms with E-state index >= 15 is 0 Å². The Morgan fingerprint density at radius 1 is 0.595 bits per heavy atom. The van der Waals surface area contributed by atoms with Gasteiger partial charge in [-0.05, 0) is 55.9 Å². The third-order valence-corrected chi connectivity index (χ3v) is 9.30. The molecule has 6 nitrogen and oxygen atoms in total. The quantitative estimate of drug-likeness (QED) is 0.370. The van der Waals surface area contributed by atoms with E-state index in [-0.39, 0.29) is 0 Å². The van der Waals surface area contributed by atoms with E-state index in [1.54, 1.807) is 0 Å². The second-order valence-corrected chi connectivity index (χ2v) is 12.6. The lowest BCUT2D eigenvalue weighted by molar-refractivity contribution is 0.390. The molecule has 0 aromatic carbocycles. The van der Waals surface area contributed by atoms with Crippen molar-refractivity contribution in [3.63, 3.8) is 0 Å². The van der Waals surface area contributed by atoms with Crippen molar-refractivity contribution in [2.24, 2.45) is 5.92 Å². The summed E-state index contributed by atoms with van der Waals surface area (Å²) in [5.74, 6) is 1.87. The highest BCUT2D eigenvalue weighted by Crippen LogP contribution is 2.32. The second kappa shape index (κ2) is 16.4. The minimum Gasteiger partial charge on any atom is -0.220 e. The van der Waals surface area contributed by atoms with Crippen molar-refractivity contribution in [2.75, 3.05) is 0 Å². The third kappa shape index (κ3) is 8.86.